The van der Waals surface area contributed by atoms with E-state index in [4.69, 9.17) is 5.73 Å². The van der Waals surface area contributed by atoms with E-state index in [1.54, 1.807) is 11.9 Å². The molecular formula is C11H18N4O2. The molecule has 0 bridgehead atoms. The van der Waals surface area contributed by atoms with E-state index in [1.165, 1.54) is 4.68 Å². The third-order valence-corrected chi connectivity index (χ3v) is 3.15. The average Bonchev–Trinajstić information content (AvgIpc) is 2.83. The van der Waals surface area contributed by atoms with Gasteiger partial charge in [0, 0.05) is 20.1 Å². The van der Waals surface area contributed by atoms with Crippen molar-refractivity contribution in [3.05, 3.63) is 11.4 Å². The Balaban J connectivity index is 2.28. The van der Waals surface area contributed by atoms with Crippen molar-refractivity contribution in [3.8, 4) is 0 Å². The first-order chi connectivity index (χ1) is 8.04. The monoisotopic (exact) mass is 238 g/mol. The summed E-state index contributed by atoms with van der Waals surface area (Å²) in [5, 5.41) is 13.7. The predicted octanol–water partition coefficient (Wildman–Crippen LogP) is -0.228. The zero-order valence-corrected chi connectivity index (χ0v) is 10.2. The van der Waals surface area contributed by atoms with Crippen LogP contribution >= 0.6 is 0 Å². The second-order valence-corrected chi connectivity index (χ2v) is 4.38. The van der Waals surface area contributed by atoms with E-state index < -0.39 is 6.10 Å². The number of carbonyl (C=O) groups excluding carboxylic acids is 1. The average molecular weight is 238 g/mol. The number of likely N-dealkylation sites (tertiary alicyclic amines) is 1. The molecule has 0 spiro atoms. The van der Waals surface area contributed by atoms with E-state index in [0.29, 0.717) is 37.3 Å². The molecule has 2 rings (SSSR count). The standard InChI is InChI=1S/C11H18N4O2/c1-3-8-9(12)10(14(2)13-8)11(17)15-5-4-7(16)6-15/h7,16H,3-6,12H2,1-2H3. The SMILES string of the molecule is CCc1nn(C)c(C(=O)N2CCC(O)C2)c1N. The minimum Gasteiger partial charge on any atom is -0.395 e. The minimum absolute atomic E-state index is 0.145. The van der Waals surface area contributed by atoms with Crippen LogP contribution in [0.3, 0.4) is 0 Å². The molecule has 0 aliphatic carbocycles. The molecule has 2 heterocycles. The second kappa shape index (κ2) is 4.37. The van der Waals surface area contributed by atoms with Crippen LogP contribution in [0.25, 0.3) is 0 Å². The van der Waals surface area contributed by atoms with Gasteiger partial charge in [0.25, 0.3) is 5.91 Å². The van der Waals surface area contributed by atoms with E-state index >= 15 is 0 Å². The summed E-state index contributed by atoms with van der Waals surface area (Å²) in [6, 6.07) is 0. The summed E-state index contributed by atoms with van der Waals surface area (Å²) >= 11 is 0. The number of carbonyl (C=O) groups is 1. The smallest absolute Gasteiger partial charge is 0.274 e. The maximum absolute atomic E-state index is 12.2. The van der Waals surface area contributed by atoms with Gasteiger partial charge in [0.15, 0.2) is 0 Å². The number of aromatic nitrogens is 2. The maximum Gasteiger partial charge on any atom is 0.274 e. The zero-order chi connectivity index (χ0) is 12.6. The summed E-state index contributed by atoms with van der Waals surface area (Å²) in [5.74, 6) is -0.145. The Morgan fingerprint density at radius 2 is 2.35 bits per heavy atom. The first-order valence-corrected chi connectivity index (χ1v) is 5.83. The van der Waals surface area contributed by atoms with Gasteiger partial charge in [-0.05, 0) is 12.8 Å². The number of nitrogens with zero attached hydrogens (tertiary/aromatic N) is 3. The molecule has 1 aliphatic heterocycles. The number of rotatable bonds is 2. The normalized spacial score (nSPS) is 19.9. The molecule has 1 aliphatic rings. The number of anilines is 1. The fraction of sp³-hybridized carbons (Fsp3) is 0.636. The van der Waals surface area contributed by atoms with E-state index in [-0.39, 0.29) is 5.91 Å². The van der Waals surface area contributed by atoms with Crippen LogP contribution in [0, 0.1) is 0 Å². The van der Waals surface area contributed by atoms with Gasteiger partial charge in [-0.2, -0.15) is 5.10 Å². The number of β-amino-alcohol motifs (C(OH)–C–C–N with tert-alkyl or cyclic N) is 1. The number of amides is 1. The van der Waals surface area contributed by atoms with Gasteiger partial charge in [-0.15, -0.1) is 0 Å². The van der Waals surface area contributed by atoms with Gasteiger partial charge >= 0.3 is 0 Å². The van der Waals surface area contributed by atoms with Crippen molar-refractivity contribution in [1.29, 1.82) is 0 Å². The summed E-state index contributed by atoms with van der Waals surface area (Å²) in [5.41, 5.74) is 7.56. The highest BCUT2D eigenvalue weighted by Gasteiger charge is 2.29. The van der Waals surface area contributed by atoms with Crippen molar-refractivity contribution in [3.63, 3.8) is 0 Å². The van der Waals surface area contributed by atoms with E-state index in [9.17, 15) is 9.90 Å². The second-order valence-electron chi connectivity index (χ2n) is 4.38. The van der Waals surface area contributed by atoms with Crippen LogP contribution in [0.15, 0.2) is 0 Å². The van der Waals surface area contributed by atoms with Gasteiger partial charge in [-0.3, -0.25) is 9.48 Å². The van der Waals surface area contributed by atoms with E-state index in [1.807, 2.05) is 6.92 Å². The Kier molecular flexibility index (Phi) is 3.06. The van der Waals surface area contributed by atoms with Gasteiger partial charge < -0.3 is 15.7 Å². The number of hydrogen-bond donors (Lipinski definition) is 2. The molecule has 1 amide bonds. The van der Waals surface area contributed by atoms with Gasteiger partial charge in [0.1, 0.15) is 5.69 Å². The Bertz CT molecular complexity index is 441. The minimum atomic E-state index is -0.418. The number of nitrogens with two attached hydrogens (primary N) is 1. The molecule has 1 aromatic heterocycles. The van der Waals surface area contributed by atoms with Crippen molar-refractivity contribution in [2.75, 3.05) is 18.8 Å². The summed E-state index contributed by atoms with van der Waals surface area (Å²) in [7, 11) is 1.72. The predicted molar refractivity (Wildman–Crippen MR) is 63.5 cm³/mol. The van der Waals surface area contributed by atoms with Crippen LogP contribution in [0.4, 0.5) is 5.69 Å². The first-order valence-electron chi connectivity index (χ1n) is 5.83. The number of aryl methyl sites for hydroxylation is 2. The molecule has 1 aromatic rings. The molecule has 6 nitrogen and oxygen atoms in total. The van der Waals surface area contributed by atoms with E-state index in [0.717, 1.165) is 5.69 Å². The molecule has 6 heteroatoms. The Hall–Kier alpha value is -1.56. The Morgan fingerprint density at radius 1 is 1.65 bits per heavy atom. The zero-order valence-electron chi connectivity index (χ0n) is 10.2. The lowest BCUT2D eigenvalue weighted by atomic mass is 10.2. The molecule has 1 unspecified atom stereocenters. The molecule has 1 saturated heterocycles. The molecule has 0 radical (unpaired) electrons. The molecule has 1 atom stereocenters. The van der Waals surface area contributed by atoms with Crippen LogP contribution < -0.4 is 5.73 Å². The van der Waals surface area contributed by atoms with Gasteiger partial charge in [-0.1, -0.05) is 6.92 Å². The van der Waals surface area contributed by atoms with E-state index in [2.05, 4.69) is 5.10 Å². The van der Waals surface area contributed by atoms with Crippen LogP contribution in [-0.2, 0) is 13.5 Å². The number of hydrogen-bond acceptors (Lipinski definition) is 4. The largest absolute Gasteiger partial charge is 0.395 e. The fourth-order valence-corrected chi connectivity index (χ4v) is 2.19. The molecule has 94 valence electrons. The summed E-state index contributed by atoms with van der Waals surface area (Å²) in [6.07, 6.45) is 0.915. The molecule has 3 N–H and O–H groups in total. The first kappa shape index (κ1) is 11.9. The van der Waals surface area contributed by atoms with Crippen molar-refractivity contribution < 1.29 is 9.90 Å². The summed E-state index contributed by atoms with van der Waals surface area (Å²) < 4.78 is 1.53. The van der Waals surface area contributed by atoms with Crippen molar-refractivity contribution in [2.45, 2.75) is 25.9 Å². The molecule has 17 heavy (non-hydrogen) atoms. The molecule has 0 aromatic carbocycles. The Labute approximate surface area is 100 Å². The third-order valence-electron chi connectivity index (χ3n) is 3.15. The lowest BCUT2D eigenvalue weighted by Gasteiger charge is -2.15. The Morgan fingerprint density at radius 3 is 2.82 bits per heavy atom. The highest BCUT2D eigenvalue weighted by atomic mass is 16.3. The van der Waals surface area contributed by atoms with Crippen LogP contribution in [0.2, 0.25) is 0 Å². The van der Waals surface area contributed by atoms with Crippen LogP contribution in [0.5, 0.6) is 0 Å². The molecule has 1 fully saturated rings. The summed E-state index contributed by atoms with van der Waals surface area (Å²) in [6.45, 7) is 2.91. The fourth-order valence-electron chi connectivity index (χ4n) is 2.19. The van der Waals surface area contributed by atoms with Gasteiger partial charge in [0.05, 0.1) is 17.5 Å². The van der Waals surface area contributed by atoms with Crippen molar-refractivity contribution >= 4 is 11.6 Å². The van der Waals surface area contributed by atoms with Crippen LogP contribution in [0.1, 0.15) is 29.5 Å². The highest BCUT2D eigenvalue weighted by molar-refractivity contribution is 5.98. The van der Waals surface area contributed by atoms with Gasteiger partial charge in [0.2, 0.25) is 0 Å². The van der Waals surface area contributed by atoms with Crippen molar-refractivity contribution in [2.24, 2.45) is 7.05 Å². The molecular weight excluding hydrogens is 220 g/mol. The van der Waals surface area contributed by atoms with Crippen molar-refractivity contribution in [1.82, 2.24) is 14.7 Å². The van der Waals surface area contributed by atoms with Gasteiger partial charge in [-0.25, -0.2) is 0 Å². The lowest BCUT2D eigenvalue weighted by molar-refractivity contribution is 0.0755. The van der Waals surface area contributed by atoms with Crippen LogP contribution in [-0.4, -0.2) is 44.9 Å². The lowest BCUT2D eigenvalue weighted by Crippen LogP contribution is -2.31. The highest BCUT2D eigenvalue weighted by Crippen LogP contribution is 2.21. The molecule has 0 saturated carbocycles. The number of aliphatic hydroxyl groups excluding tert-OH is 1. The maximum atomic E-state index is 12.2. The third kappa shape index (κ3) is 2.00. The quantitative estimate of drug-likeness (QED) is 0.745. The number of nitrogen functional groups attached to an aromatic ring is 1. The number of aliphatic hydroxyl groups is 1. The summed E-state index contributed by atoms with van der Waals surface area (Å²) in [4.78, 5) is 13.9. The topological polar surface area (TPSA) is 84.4 Å².